The Morgan fingerprint density at radius 2 is 0.806 bits per heavy atom. The quantitative estimate of drug-likeness (QED) is 0.226. The fraction of sp³-hybridized carbons (Fsp3) is 0. The minimum absolute atomic E-state index is 0. The Balaban J connectivity index is 0.000000577. The van der Waals surface area contributed by atoms with Crippen molar-refractivity contribution in [2.45, 2.75) is 0 Å². The first-order chi connectivity index (χ1) is 15.9. The third kappa shape index (κ3) is 7.80. The number of rotatable bonds is 2. The normalized spacial score (nSPS) is 9.06. The van der Waals surface area contributed by atoms with Crippen LogP contribution in [0.2, 0.25) is 0 Å². The molecule has 0 aliphatic carbocycles. The van der Waals surface area contributed by atoms with Crippen molar-refractivity contribution in [3.8, 4) is 22.3 Å². The van der Waals surface area contributed by atoms with Gasteiger partial charge in [-0.15, -0.1) is 57.9 Å². The monoisotopic (exact) mass is 558 g/mol. The van der Waals surface area contributed by atoms with E-state index < -0.39 is 0 Å². The average molecular weight is 559 g/mol. The van der Waals surface area contributed by atoms with E-state index in [0.29, 0.717) is 0 Å². The van der Waals surface area contributed by atoms with Crippen molar-refractivity contribution in [3.05, 3.63) is 148 Å². The van der Waals surface area contributed by atoms with Crippen molar-refractivity contribution in [1.82, 2.24) is 0 Å². The summed E-state index contributed by atoms with van der Waals surface area (Å²) in [6.45, 7) is 0. The number of fused-ring (bicyclic) bond motifs is 2. The van der Waals surface area contributed by atoms with Gasteiger partial charge in [-0.05, 0) is 11.1 Å². The van der Waals surface area contributed by atoms with Gasteiger partial charge in [0.25, 0.3) is 0 Å². The summed E-state index contributed by atoms with van der Waals surface area (Å²) in [6.07, 6.45) is 0. The fourth-order valence-corrected chi connectivity index (χ4v) is 4.06. The number of halogens is 2. The van der Waals surface area contributed by atoms with E-state index in [2.05, 4.69) is 141 Å². The maximum atomic E-state index is 2.97. The van der Waals surface area contributed by atoms with Gasteiger partial charge in [-0.3, -0.25) is 0 Å². The molecule has 0 fully saturated rings. The molecule has 6 aromatic rings. The van der Waals surface area contributed by atoms with Crippen molar-refractivity contribution >= 4 is 29.2 Å². The van der Waals surface area contributed by atoms with Gasteiger partial charge in [-0.2, -0.15) is 24.3 Å². The third-order valence-corrected chi connectivity index (χ3v) is 5.53. The van der Waals surface area contributed by atoms with Crippen LogP contribution < -0.4 is 24.8 Å². The van der Waals surface area contributed by atoms with Gasteiger partial charge in [0, 0.05) is 0 Å². The first-order valence-corrected chi connectivity index (χ1v) is 13.4. The molecule has 0 aromatic heterocycles. The SMILES string of the molecule is [CH3-].[CH3-].[Cl-].[Cl-].[Si]=[Ti+2].c1ccc(-c2cccc3[cH-]ccc23)cc1.c1ccc(-c2cccc3[cH-]ccc23)cc1. The maximum absolute atomic E-state index is 2.97. The summed E-state index contributed by atoms with van der Waals surface area (Å²) in [5.74, 6) is 0. The van der Waals surface area contributed by atoms with Crippen LogP contribution in [0.15, 0.2) is 133 Å². The van der Waals surface area contributed by atoms with Gasteiger partial charge in [-0.25, -0.2) is 0 Å². The Morgan fingerprint density at radius 1 is 0.444 bits per heavy atom. The summed E-state index contributed by atoms with van der Waals surface area (Å²) >= 11 is 1.81. The zero-order valence-corrected chi connectivity index (χ0v) is 24.5. The number of hydrogen-bond acceptors (Lipinski definition) is 0. The van der Waals surface area contributed by atoms with Crippen molar-refractivity contribution in [1.29, 1.82) is 0 Å². The molecule has 2 radical (unpaired) electrons. The molecule has 182 valence electrons. The molecule has 0 amide bonds. The zero-order valence-electron chi connectivity index (χ0n) is 20.5. The van der Waals surface area contributed by atoms with Crippen LogP contribution in [0, 0.1) is 14.9 Å². The standard InChI is InChI=1S/2C15H11.2CH3.2ClH.Si.Ti/c2*1-2-6-12(7-3-1)14-10-4-8-13-9-5-11-15(13)14;;;;;;/h2*1-11H;2*1H3;2*1H;;/q4*-1;;;;+2/p-2. The molecule has 36 heavy (non-hydrogen) atoms. The summed E-state index contributed by atoms with van der Waals surface area (Å²) in [7, 11) is 2.97. The summed E-state index contributed by atoms with van der Waals surface area (Å²) < 4.78 is 0. The third-order valence-electron chi connectivity index (χ3n) is 5.53. The molecule has 6 rings (SSSR count). The van der Waals surface area contributed by atoms with E-state index in [-0.39, 0.29) is 39.7 Å². The van der Waals surface area contributed by atoms with Gasteiger partial charge in [0.1, 0.15) is 0 Å². The van der Waals surface area contributed by atoms with Crippen LogP contribution in [0.5, 0.6) is 0 Å². The van der Waals surface area contributed by atoms with Gasteiger partial charge >= 0.3 is 26.8 Å². The molecule has 4 heteroatoms. The van der Waals surface area contributed by atoms with Crippen LogP contribution in [0.25, 0.3) is 43.8 Å². The first kappa shape index (κ1) is 33.6. The minimum Gasteiger partial charge on any atom is -0.168 e. The molecule has 0 aliphatic rings. The van der Waals surface area contributed by atoms with Crippen molar-refractivity contribution in [2.24, 2.45) is 0 Å². The Bertz CT molecular complexity index is 1300. The van der Waals surface area contributed by atoms with Crippen LogP contribution in [-0.2, 0) is 19.2 Å². The minimum atomic E-state index is 0. The second-order valence-corrected chi connectivity index (χ2v) is 7.40. The van der Waals surface area contributed by atoms with Gasteiger partial charge < -0.3 is 39.7 Å². The van der Waals surface area contributed by atoms with Crippen LogP contribution in [0.3, 0.4) is 0 Å². The van der Waals surface area contributed by atoms with Gasteiger partial charge in [-0.1, -0.05) is 83.9 Å². The van der Waals surface area contributed by atoms with Gasteiger partial charge in [0.15, 0.2) is 0 Å². The molecule has 0 unspecified atom stereocenters. The summed E-state index contributed by atoms with van der Waals surface area (Å²) in [4.78, 5) is 0. The number of benzene rings is 4. The summed E-state index contributed by atoms with van der Waals surface area (Å²) in [5.41, 5.74) is 5.21. The Labute approximate surface area is 242 Å². The first-order valence-electron chi connectivity index (χ1n) is 10.5. The Hall–Kier alpha value is -2.39. The van der Waals surface area contributed by atoms with E-state index in [1.54, 1.807) is 19.2 Å². The summed E-state index contributed by atoms with van der Waals surface area (Å²) in [5, 5.41) is 5.31. The fourth-order valence-electron chi connectivity index (χ4n) is 4.06. The topological polar surface area (TPSA) is 0 Å². The van der Waals surface area contributed by atoms with Crippen LogP contribution in [0.4, 0.5) is 0 Å². The molecule has 0 saturated heterocycles. The smallest absolute Gasteiger partial charge is 0.0279 e. The summed E-state index contributed by atoms with van der Waals surface area (Å²) in [6, 6.07) is 46.8. The Kier molecular flexibility index (Phi) is 16.0. The van der Waals surface area contributed by atoms with E-state index in [0.717, 1.165) is 0 Å². The van der Waals surface area contributed by atoms with Crippen molar-refractivity contribution < 1.29 is 44.0 Å². The zero-order chi connectivity index (χ0) is 22.2. The molecule has 0 nitrogen and oxygen atoms in total. The predicted molar refractivity (Wildman–Crippen MR) is 149 cm³/mol. The second kappa shape index (κ2) is 17.1. The molecular formula is C32H28Cl2SiTi-4. The Morgan fingerprint density at radius 3 is 1.17 bits per heavy atom. The molecule has 6 aromatic carbocycles. The molecule has 0 N–H and O–H groups in total. The van der Waals surface area contributed by atoms with Crippen molar-refractivity contribution in [3.63, 3.8) is 0 Å². The van der Waals surface area contributed by atoms with E-state index >= 15 is 0 Å². The van der Waals surface area contributed by atoms with Crippen LogP contribution in [-0.4, -0.2) is 7.63 Å². The second-order valence-electron chi connectivity index (χ2n) is 7.40. The average Bonchev–Trinajstić information content (AvgIpc) is 3.56. The van der Waals surface area contributed by atoms with Gasteiger partial charge in [0.05, 0.1) is 0 Å². The largest absolute Gasteiger partial charge is 0.168 e. The predicted octanol–water partition coefficient (Wildman–Crippen LogP) is 2.98. The van der Waals surface area contributed by atoms with Crippen LogP contribution in [0.1, 0.15) is 0 Å². The maximum Gasteiger partial charge on any atom is -0.0279 e. The molecule has 0 saturated carbocycles. The number of hydrogen-bond donors (Lipinski definition) is 0. The van der Waals surface area contributed by atoms with Crippen molar-refractivity contribution in [2.75, 3.05) is 0 Å². The molecule has 0 aliphatic heterocycles. The molecule has 0 bridgehead atoms. The molecule has 0 heterocycles. The van der Waals surface area contributed by atoms with E-state index in [4.69, 9.17) is 0 Å². The molecule has 0 spiro atoms. The van der Waals surface area contributed by atoms with E-state index in [1.807, 2.05) is 0 Å². The molecule has 0 atom stereocenters. The van der Waals surface area contributed by atoms with E-state index in [9.17, 15) is 0 Å². The van der Waals surface area contributed by atoms with Gasteiger partial charge in [0.2, 0.25) is 0 Å². The van der Waals surface area contributed by atoms with Crippen LogP contribution >= 0.6 is 0 Å². The molecular weight excluding hydrogens is 531 g/mol. The van der Waals surface area contributed by atoms with E-state index in [1.165, 1.54) is 43.8 Å².